The second-order valence-corrected chi connectivity index (χ2v) is 6.61. The molecule has 2 aromatic carbocycles. The summed E-state index contributed by atoms with van der Waals surface area (Å²) in [6.45, 7) is 0. The van der Waals surface area contributed by atoms with Crippen molar-refractivity contribution >= 4 is 35.0 Å². The number of benzene rings is 2. The van der Waals surface area contributed by atoms with Crippen LogP contribution in [0.25, 0.3) is 0 Å². The van der Waals surface area contributed by atoms with Gasteiger partial charge in [-0.05, 0) is 24.3 Å². The predicted octanol–water partition coefficient (Wildman–Crippen LogP) is 3.01. The smallest absolute Gasteiger partial charge is 0.305 e. The van der Waals surface area contributed by atoms with Gasteiger partial charge in [0.05, 0.1) is 12.6 Å². The fraction of sp³-hybridized carbons (Fsp3) is 0.111. The van der Waals surface area contributed by atoms with E-state index in [1.165, 1.54) is 18.3 Å². The zero-order valence-electron chi connectivity index (χ0n) is 13.8. The lowest BCUT2D eigenvalue weighted by Gasteiger charge is -2.08. The van der Waals surface area contributed by atoms with Crippen molar-refractivity contribution < 1.29 is 23.8 Å². The largest absolute Gasteiger partial charge is 0.481 e. The molecular formula is C18H14FN3O4S. The average molecular weight is 387 g/mol. The molecule has 0 aromatic heterocycles. The van der Waals surface area contributed by atoms with Crippen molar-refractivity contribution in [2.45, 2.75) is 11.7 Å². The summed E-state index contributed by atoms with van der Waals surface area (Å²) in [5.74, 6) is -1.50. The molecule has 1 amide bonds. The number of amidine groups is 1. The molecule has 0 bridgehead atoms. The van der Waals surface area contributed by atoms with E-state index in [0.29, 0.717) is 11.3 Å². The van der Waals surface area contributed by atoms with E-state index in [9.17, 15) is 14.0 Å². The van der Waals surface area contributed by atoms with Crippen LogP contribution in [0.3, 0.4) is 0 Å². The first-order chi connectivity index (χ1) is 13.0. The molecule has 0 spiro atoms. The van der Waals surface area contributed by atoms with Crippen LogP contribution >= 0.6 is 11.8 Å². The number of amides is 1. The Kier molecular flexibility index (Phi) is 5.82. The van der Waals surface area contributed by atoms with E-state index in [1.807, 2.05) is 0 Å². The van der Waals surface area contributed by atoms with E-state index in [2.05, 4.69) is 15.5 Å². The van der Waals surface area contributed by atoms with Crippen LogP contribution in [0.2, 0.25) is 0 Å². The Bertz CT molecular complexity index is 932. The van der Waals surface area contributed by atoms with Crippen LogP contribution < -0.4 is 10.1 Å². The number of thioether (sulfide) groups is 1. The van der Waals surface area contributed by atoms with Crippen molar-refractivity contribution in [1.82, 2.24) is 5.32 Å². The molecular weight excluding hydrogens is 373 g/mol. The van der Waals surface area contributed by atoms with Crippen molar-refractivity contribution in [1.29, 1.82) is 0 Å². The molecule has 2 aromatic rings. The number of ether oxygens (including phenoxy) is 1. The molecule has 3 rings (SSSR count). The van der Waals surface area contributed by atoms with Gasteiger partial charge in [-0.15, -0.1) is 5.10 Å². The summed E-state index contributed by atoms with van der Waals surface area (Å²) in [5, 5.41) is 18.5. The zero-order valence-corrected chi connectivity index (χ0v) is 14.6. The SMILES string of the molecule is O=C(O)CC1SC(=NN=Cc2ccccc2Oc2ccccc2F)NC1=O. The summed E-state index contributed by atoms with van der Waals surface area (Å²) >= 11 is 1.00. The van der Waals surface area contributed by atoms with Crippen molar-refractivity contribution in [3.05, 3.63) is 59.9 Å². The molecule has 1 aliphatic rings. The summed E-state index contributed by atoms with van der Waals surface area (Å²) in [6.07, 6.45) is 1.11. The Morgan fingerprint density at radius 1 is 1.22 bits per heavy atom. The number of hydrogen-bond acceptors (Lipinski definition) is 6. The lowest BCUT2D eigenvalue weighted by Crippen LogP contribution is -2.26. The summed E-state index contributed by atoms with van der Waals surface area (Å²) in [5.41, 5.74) is 0.557. The third kappa shape index (κ3) is 4.91. The van der Waals surface area contributed by atoms with Crippen molar-refractivity contribution in [3.8, 4) is 11.5 Å². The minimum absolute atomic E-state index is 0.0831. The Hall–Kier alpha value is -3.20. The first kappa shape index (κ1) is 18.6. The number of hydrogen-bond donors (Lipinski definition) is 2. The highest BCUT2D eigenvalue weighted by Crippen LogP contribution is 2.26. The van der Waals surface area contributed by atoms with E-state index in [0.717, 1.165) is 11.8 Å². The van der Waals surface area contributed by atoms with Gasteiger partial charge in [0.25, 0.3) is 0 Å². The van der Waals surface area contributed by atoms with Gasteiger partial charge in [0.2, 0.25) is 5.91 Å². The Labute approximate surface area is 158 Å². The quantitative estimate of drug-likeness (QED) is 0.586. The zero-order chi connectivity index (χ0) is 19.2. The lowest BCUT2D eigenvalue weighted by molar-refractivity contribution is -0.138. The van der Waals surface area contributed by atoms with Crippen LogP contribution in [0.5, 0.6) is 11.5 Å². The fourth-order valence-electron chi connectivity index (χ4n) is 2.21. The van der Waals surface area contributed by atoms with Gasteiger partial charge in [0.1, 0.15) is 11.0 Å². The molecule has 1 saturated heterocycles. The van der Waals surface area contributed by atoms with Crippen LogP contribution in [0.4, 0.5) is 4.39 Å². The van der Waals surface area contributed by atoms with Gasteiger partial charge in [0.15, 0.2) is 16.7 Å². The van der Waals surface area contributed by atoms with Gasteiger partial charge in [-0.2, -0.15) is 5.10 Å². The standard InChI is InChI=1S/C18H14FN3O4S/c19-12-6-2-4-8-14(12)26-13-7-3-1-5-11(13)10-20-22-18-21-17(25)15(27-18)9-16(23)24/h1-8,10,15H,9H2,(H,23,24)(H,21,22,25). The van der Waals surface area contributed by atoms with Gasteiger partial charge < -0.3 is 15.2 Å². The van der Waals surface area contributed by atoms with Crippen LogP contribution in [-0.2, 0) is 9.59 Å². The van der Waals surface area contributed by atoms with Crippen molar-refractivity contribution in [2.75, 3.05) is 0 Å². The molecule has 1 atom stereocenters. The number of nitrogens with one attached hydrogen (secondary N) is 1. The monoisotopic (exact) mass is 387 g/mol. The first-order valence-corrected chi connectivity index (χ1v) is 8.72. The van der Waals surface area contributed by atoms with Gasteiger partial charge in [0, 0.05) is 5.56 Å². The highest BCUT2D eigenvalue weighted by atomic mass is 32.2. The molecule has 1 fully saturated rings. The second-order valence-electron chi connectivity index (χ2n) is 5.41. The van der Waals surface area contributed by atoms with E-state index in [-0.39, 0.29) is 17.3 Å². The Balaban J connectivity index is 1.72. The highest BCUT2D eigenvalue weighted by molar-refractivity contribution is 8.15. The molecule has 1 aliphatic heterocycles. The van der Waals surface area contributed by atoms with Crippen LogP contribution in [-0.4, -0.2) is 33.6 Å². The predicted molar refractivity (Wildman–Crippen MR) is 99.7 cm³/mol. The Morgan fingerprint density at radius 2 is 1.93 bits per heavy atom. The number of carbonyl (C=O) groups is 2. The van der Waals surface area contributed by atoms with Crippen molar-refractivity contribution in [2.24, 2.45) is 10.2 Å². The normalized spacial score (nSPS) is 18.0. The molecule has 27 heavy (non-hydrogen) atoms. The third-order valence-corrected chi connectivity index (χ3v) is 4.53. The maximum Gasteiger partial charge on any atom is 0.305 e. The topological polar surface area (TPSA) is 100 Å². The van der Waals surface area contributed by atoms with Crippen molar-refractivity contribution in [3.63, 3.8) is 0 Å². The molecule has 0 aliphatic carbocycles. The molecule has 2 N–H and O–H groups in total. The maximum absolute atomic E-state index is 13.8. The number of nitrogens with zero attached hydrogens (tertiary/aromatic N) is 2. The molecule has 7 nitrogen and oxygen atoms in total. The summed E-state index contributed by atoms with van der Waals surface area (Å²) < 4.78 is 19.3. The molecule has 1 unspecified atom stereocenters. The minimum Gasteiger partial charge on any atom is -0.481 e. The van der Waals surface area contributed by atoms with E-state index < -0.39 is 22.9 Å². The van der Waals surface area contributed by atoms with Gasteiger partial charge >= 0.3 is 5.97 Å². The Morgan fingerprint density at radius 3 is 2.67 bits per heavy atom. The summed E-state index contributed by atoms with van der Waals surface area (Å²) in [7, 11) is 0. The maximum atomic E-state index is 13.8. The van der Waals surface area contributed by atoms with E-state index in [4.69, 9.17) is 9.84 Å². The van der Waals surface area contributed by atoms with E-state index in [1.54, 1.807) is 36.4 Å². The second kappa shape index (κ2) is 8.45. The number of aliphatic carboxylic acids is 1. The molecule has 9 heteroatoms. The number of carbonyl (C=O) groups excluding carboxylic acids is 1. The summed E-state index contributed by atoms with van der Waals surface area (Å²) in [6, 6.07) is 12.9. The van der Waals surface area contributed by atoms with Crippen LogP contribution in [0, 0.1) is 5.82 Å². The molecule has 138 valence electrons. The van der Waals surface area contributed by atoms with Crippen LogP contribution in [0.15, 0.2) is 58.7 Å². The van der Waals surface area contributed by atoms with Gasteiger partial charge in [-0.3, -0.25) is 9.59 Å². The molecule has 0 radical (unpaired) electrons. The molecule has 0 saturated carbocycles. The first-order valence-electron chi connectivity index (χ1n) is 7.84. The number of halogens is 1. The summed E-state index contributed by atoms with van der Waals surface area (Å²) in [4.78, 5) is 22.4. The van der Waals surface area contributed by atoms with Gasteiger partial charge in [-0.1, -0.05) is 36.0 Å². The number of rotatable bonds is 6. The number of para-hydroxylation sites is 2. The lowest BCUT2D eigenvalue weighted by atomic mass is 10.2. The minimum atomic E-state index is -1.06. The number of carboxylic acid groups (broad SMARTS) is 1. The average Bonchev–Trinajstić information content (AvgIpc) is 2.97. The van der Waals surface area contributed by atoms with Gasteiger partial charge in [-0.25, -0.2) is 4.39 Å². The number of carboxylic acids is 1. The molecule has 1 heterocycles. The van der Waals surface area contributed by atoms with E-state index >= 15 is 0 Å². The van der Waals surface area contributed by atoms with Crippen LogP contribution in [0.1, 0.15) is 12.0 Å². The fourth-order valence-corrected chi connectivity index (χ4v) is 3.13. The third-order valence-electron chi connectivity index (χ3n) is 3.46. The highest BCUT2D eigenvalue weighted by Gasteiger charge is 2.32.